The molecule has 0 fully saturated rings. The molecule has 46 valence electrons. The molecule has 0 spiro atoms. The number of thiocarbonyl (C=S) groups is 1. The van der Waals surface area contributed by atoms with E-state index in [0.29, 0.717) is 0 Å². The van der Waals surface area contributed by atoms with Crippen LogP contribution < -0.4 is 5.73 Å². The van der Waals surface area contributed by atoms with Crippen LogP contribution in [0.1, 0.15) is 0 Å². The molecule has 0 rings (SSSR count). The first-order chi connectivity index (χ1) is 3.72. The minimum Gasteiger partial charge on any atom is -0.468 e. The largest absolute Gasteiger partial charge is 0.468 e. The van der Waals surface area contributed by atoms with E-state index in [0.717, 1.165) is 5.37 Å². The second kappa shape index (κ2) is 3.51. The van der Waals surface area contributed by atoms with Crippen LogP contribution in [0.25, 0.3) is 0 Å². The highest BCUT2D eigenvalue weighted by atomic mass is 32.1. The monoisotopic (exact) mass is 133 g/mol. The average molecular weight is 133 g/mol. The van der Waals surface area contributed by atoms with Gasteiger partial charge in [0.1, 0.15) is 6.04 Å². The van der Waals surface area contributed by atoms with Gasteiger partial charge in [0.05, 0.1) is 7.11 Å². The zero-order valence-electron chi connectivity index (χ0n) is 4.46. The van der Waals surface area contributed by atoms with E-state index in [4.69, 9.17) is 5.73 Å². The fraction of sp³-hybridized carbons (Fsp3) is 0.500. The summed E-state index contributed by atoms with van der Waals surface area (Å²) in [6, 6.07) is -0.755. The van der Waals surface area contributed by atoms with E-state index in [1.165, 1.54) is 7.11 Å². The van der Waals surface area contributed by atoms with E-state index >= 15 is 0 Å². The molecule has 4 heteroatoms. The Kier molecular flexibility index (Phi) is 3.30. The molecule has 0 heterocycles. The Hall–Kier alpha value is -0.480. The third-order valence-corrected chi connectivity index (χ3v) is 0.913. The molecule has 3 nitrogen and oxygen atoms in total. The van der Waals surface area contributed by atoms with Crippen molar-refractivity contribution in [2.75, 3.05) is 7.11 Å². The molecular weight excluding hydrogens is 126 g/mol. The molecule has 0 aliphatic heterocycles. The summed E-state index contributed by atoms with van der Waals surface area (Å²) in [6.45, 7) is 0. The van der Waals surface area contributed by atoms with Gasteiger partial charge in [-0.25, -0.2) is 4.79 Å². The summed E-state index contributed by atoms with van der Waals surface area (Å²) in [6.07, 6.45) is 0. The molecule has 0 saturated carbocycles. The van der Waals surface area contributed by atoms with Gasteiger partial charge in [0.2, 0.25) is 0 Å². The third-order valence-electron chi connectivity index (χ3n) is 0.620. The lowest BCUT2D eigenvalue weighted by molar-refractivity contribution is -0.140. The Morgan fingerprint density at radius 2 is 2.50 bits per heavy atom. The standard InChI is InChI=1S/C4H7NO2S/c1-7-4(6)3(5)2-8/h2-3H,5H2,1H3/t3-/m0/s1. The van der Waals surface area contributed by atoms with E-state index in [1.807, 2.05) is 0 Å². The number of carbonyl (C=O) groups excluding carboxylic acids is 1. The van der Waals surface area contributed by atoms with Crippen molar-refractivity contribution in [1.29, 1.82) is 0 Å². The van der Waals surface area contributed by atoms with E-state index in [-0.39, 0.29) is 0 Å². The van der Waals surface area contributed by atoms with Crippen LogP contribution in [0.15, 0.2) is 0 Å². The number of ether oxygens (including phenoxy) is 1. The average Bonchev–Trinajstić information content (AvgIpc) is 1.84. The first kappa shape index (κ1) is 7.52. The van der Waals surface area contributed by atoms with E-state index in [1.54, 1.807) is 0 Å². The summed E-state index contributed by atoms with van der Waals surface area (Å²) in [5.41, 5.74) is 5.09. The minimum absolute atomic E-state index is 0.500. The Labute approximate surface area is 52.8 Å². The van der Waals surface area contributed by atoms with E-state index in [9.17, 15) is 4.79 Å². The second-order valence-electron chi connectivity index (χ2n) is 1.19. The van der Waals surface area contributed by atoms with E-state index in [2.05, 4.69) is 17.0 Å². The Morgan fingerprint density at radius 3 is 2.62 bits per heavy atom. The van der Waals surface area contributed by atoms with Crippen LogP contribution in [0, 0.1) is 0 Å². The summed E-state index contributed by atoms with van der Waals surface area (Å²) in [5, 5.41) is 1.16. The van der Waals surface area contributed by atoms with Crippen molar-refractivity contribution in [2.45, 2.75) is 6.04 Å². The minimum atomic E-state index is -0.755. The summed E-state index contributed by atoms with van der Waals surface area (Å²) < 4.78 is 4.24. The maximum Gasteiger partial charge on any atom is 0.327 e. The predicted molar refractivity (Wildman–Crippen MR) is 33.6 cm³/mol. The molecule has 0 saturated heterocycles. The van der Waals surface area contributed by atoms with Crippen molar-refractivity contribution in [2.24, 2.45) is 5.73 Å². The fourth-order valence-corrected chi connectivity index (χ4v) is 0.303. The molecular formula is C4H7NO2S. The number of esters is 1. The SMILES string of the molecule is COC(=O)[C@@H](N)C=S. The van der Waals surface area contributed by atoms with Crippen LogP contribution in [0.3, 0.4) is 0 Å². The molecule has 8 heavy (non-hydrogen) atoms. The lowest BCUT2D eigenvalue weighted by Gasteiger charge is -1.99. The predicted octanol–water partition coefficient (Wildman–Crippen LogP) is -0.514. The van der Waals surface area contributed by atoms with Crippen LogP contribution >= 0.6 is 12.2 Å². The van der Waals surface area contributed by atoms with Crippen molar-refractivity contribution in [1.82, 2.24) is 0 Å². The first-order valence-corrected chi connectivity index (χ1v) is 2.48. The zero-order chi connectivity index (χ0) is 6.57. The number of rotatable bonds is 2. The molecule has 0 aromatic rings. The highest BCUT2D eigenvalue weighted by Gasteiger charge is 2.07. The summed E-state index contributed by atoms with van der Waals surface area (Å²) >= 11 is 4.37. The smallest absolute Gasteiger partial charge is 0.327 e. The van der Waals surface area contributed by atoms with Crippen molar-refractivity contribution in [3.05, 3.63) is 0 Å². The Bertz CT molecular complexity index is 104. The molecule has 1 atom stereocenters. The highest BCUT2D eigenvalue weighted by molar-refractivity contribution is 7.79. The molecule has 0 amide bonds. The van der Waals surface area contributed by atoms with Crippen LogP contribution in [0.4, 0.5) is 0 Å². The van der Waals surface area contributed by atoms with Crippen LogP contribution in [0.2, 0.25) is 0 Å². The molecule has 2 N–H and O–H groups in total. The van der Waals surface area contributed by atoms with Crippen molar-refractivity contribution >= 4 is 23.6 Å². The number of methoxy groups -OCH3 is 1. The third kappa shape index (κ3) is 1.99. The summed E-state index contributed by atoms with van der Waals surface area (Å²) in [4.78, 5) is 10.3. The van der Waals surface area contributed by atoms with Gasteiger partial charge in [-0.1, -0.05) is 12.2 Å². The Morgan fingerprint density at radius 1 is 2.00 bits per heavy atom. The number of nitrogens with two attached hydrogens (primary N) is 1. The molecule has 0 aliphatic carbocycles. The van der Waals surface area contributed by atoms with E-state index < -0.39 is 12.0 Å². The van der Waals surface area contributed by atoms with Crippen LogP contribution in [-0.4, -0.2) is 24.5 Å². The maximum atomic E-state index is 10.3. The van der Waals surface area contributed by atoms with Crippen LogP contribution in [-0.2, 0) is 9.53 Å². The molecule has 0 unspecified atom stereocenters. The van der Waals surface area contributed by atoms with Gasteiger partial charge < -0.3 is 10.5 Å². The normalized spacial score (nSPS) is 12.2. The number of hydrogen-bond acceptors (Lipinski definition) is 4. The quantitative estimate of drug-likeness (QED) is 0.407. The van der Waals surface area contributed by atoms with Crippen molar-refractivity contribution < 1.29 is 9.53 Å². The first-order valence-electron chi connectivity index (χ1n) is 2.01. The summed E-state index contributed by atoms with van der Waals surface area (Å²) in [5.74, 6) is -0.500. The van der Waals surface area contributed by atoms with Gasteiger partial charge in [0.15, 0.2) is 0 Å². The molecule has 0 aliphatic rings. The van der Waals surface area contributed by atoms with Gasteiger partial charge >= 0.3 is 5.97 Å². The lowest BCUT2D eigenvalue weighted by atomic mass is 10.4. The van der Waals surface area contributed by atoms with Gasteiger partial charge in [-0.2, -0.15) is 0 Å². The fourth-order valence-electron chi connectivity index (χ4n) is 0.192. The van der Waals surface area contributed by atoms with Gasteiger partial charge in [-0.3, -0.25) is 0 Å². The number of hydrogen-bond donors (Lipinski definition) is 1. The highest BCUT2D eigenvalue weighted by Crippen LogP contribution is 1.77. The zero-order valence-corrected chi connectivity index (χ0v) is 5.27. The van der Waals surface area contributed by atoms with Crippen molar-refractivity contribution in [3.8, 4) is 0 Å². The van der Waals surface area contributed by atoms with Gasteiger partial charge in [-0.15, -0.1) is 0 Å². The molecule has 0 aromatic heterocycles. The second-order valence-corrected chi connectivity index (χ2v) is 1.46. The maximum absolute atomic E-state index is 10.3. The lowest BCUT2D eigenvalue weighted by Crippen LogP contribution is -2.31. The Balaban J connectivity index is 3.62. The summed E-state index contributed by atoms with van der Waals surface area (Å²) in [7, 11) is 1.26. The number of carbonyl (C=O) groups is 1. The molecule has 0 bridgehead atoms. The van der Waals surface area contributed by atoms with Gasteiger partial charge in [0.25, 0.3) is 0 Å². The molecule has 0 aromatic carbocycles. The molecule has 0 radical (unpaired) electrons. The van der Waals surface area contributed by atoms with Gasteiger partial charge in [-0.05, 0) is 0 Å². The van der Waals surface area contributed by atoms with Crippen LogP contribution in [0.5, 0.6) is 0 Å². The topological polar surface area (TPSA) is 52.3 Å². The van der Waals surface area contributed by atoms with Gasteiger partial charge in [0, 0.05) is 5.37 Å². The van der Waals surface area contributed by atoms with Crippen molar-refractivity contribution in [3.63, 3.8) is 0 Å².